The third-order valence-corrected chi connectivity index (χ3v) is 4.97. The van der Waals surface area contributed by atoms with E-state index in [0.29, 0.717) is 0 Å². The Morgan fingerprint density at radius 2 is 1.86 bits per heavy atom. The number of imidazole rings is 1. The lowest BCUT2D eigenvalue weighted by Crippen LogP contribution is -2.19. The van der Waals surface area contributed by atoms with E-state index < -0.39 is 32.9 Å². The highest BCUT2D eigenvalue weighted by Crippen LogP contribution is 2.42. The Kier molecular flexibility index (Phi) is 4.32. The van der Waals surface area contributed by atoms with Crippen molar-refractivity contribution in [2.45, 2.75) is 12.3 Å². The van der Waals surface area contributed by atoms with E-state index in [1.807, 2.05) is 0 Å². The molecule has 0 spiro atoms. The second-order valence-corrected chi connectivity index (χ2v) is 7.98. The van der Waals surface area contributed by atoms with Gasteiger partial charge in [0.2, 0.25) is 0 Å². The minimum Gasteiger partial charge on any atom is -0.380 e. The first-order valence-electron chi connectivity index (χ1n) is 5.46. The van der Waals surface area contributed by atoms with Gasteiger partial charge in [-0.2, -0.15) is 0 Å². The van der Waals surface area contributed by atoms with Crippen LogP contribution in [0.25, 0.3) is 5.65 Å². The molecule has 2 aromatic rings. The van der Waals surface area contributed by atoms with E-state index in [1.54, 1.807) is 0 Å². The number of pyridine rings is 1. The molecular weight excluding hydrogens is 346 g/mol. The number of aliphatic hydroxyl groups excluding tert-OH is 1. The van der Waals surface area contributed by atoms with Crippen molar-refractivity contribution in [3.8, 4) is 0 Å². The maximum atomic E-state index is 11.4. The zero-order valence-corrected chi connectivity index (χ0v) is 12.8. The predicted molar refractivity (Wildman–Crippen MR) is 73.6 cm³/mol. The molecule has 2 aromatic heterocycles. The summed E-state index contributed by atoms with van der Waals surface area (Å²) in [7, 11) is -9.47. The van der Waals surface area contributed by atoms with E-state index in [2.05, 4.69) is 4.98 Å². The summed E-state index contributed by atoms with van der Waals surface area (Å²) in [6.07, 6.45) is 0.351. The molecule has 0 saturated carbocycles. The second-order valence-electron chi connectivity index (χ2n) is 4.26. The third-order valence-electron chi connectivity index (χ3n) is 2.76. The van der Waals surface area contributed by atoms with Gasteiger partial charge in [0.25, 0.3) is 0 Å². The fourth-order valence-electron chi connectivity index (χ4n) is 1.79. The van der Waals surface area contributed by atoms with Crippen LogP contribution in [0.4, 0.5) is 0 Å². The van der Waals surface area contributed by atoms with Crippen LogP contribution < -0.4 is 5.44 Å². The maximum absolute atomic E-state index is 11.4. The fourth-order valence-corrected chi connectivity index (χ4v) is 3.11. The van der Waals surface area contributed by atoms with Gasteiger partial charge in [-0.25, -0.2) is 4.98 Å². The molecule has 0 radical (unpaired) electrons. The number of aromatic nitrogens is 2. The Hall–Kier alpha value is -0.760. The van der Waals surface area contributed by atoms with Gasteiger partial charge in [-0.05, 0) is 12.1 Å². The summed E-state index contributed by atoms with van der Waals surface area (Å²) < 4.78 is 23.4. The summed E-state index contributed by atoms with van der Waals surface area (Å²) in [6, 6.07) is 2.74. The number of halogens is 1. The molecule has 0 bridgehead atoms. The molecule has 1 unspecified atom stereocenters. The minimum absolute atomic E-state index is 0.0114. The summed E-state index contributed by atoms with van der Waals surface area (Å²) in [5, 5.41) is 9.49. The molecule has 21 heavy (non-hydrogen) atoms. The molecule has 0 saturated heterocycles. The lowest BCUT2D eigenvalue weighted by molar-refractivity contribution is 0.201. The van der Waals surface area contributed by atoms with Gasteiger partial charge in [0.15, 0.2) is 11.3 Å². The van der Waals surface area contributed by atoms with E-state index in [9.17, 15) is 24.0 Å². The average Bonchev–Trinajstić information content (AvgIpc) is 2.75. The Bertz CT molecular complexity index is 780. The van der Waals surface area contributed by atoms with E-state index in [-0.39, 0.29) is 16.4 Å². The van der Waals surface area contributed by atoms with Crippen LogP contribution in [0.2, 0.25) is 5.02 Å². The number of hydrogen-bond acceptors (Lipinski definition) is 4. The van der Waals surface area contributed by atoms with E-state index in [1.165, 1.54) is 12.1 Å². The van der Waals surface area contributed by atoms with Crippen molar-refractivity contribution in [3.05, 3.63) is 29.0 Å². The lowest BCUT2D eigenvalue weighted by Gasteiger charge is -2.16. The lowest BCUT2D eigenvalue weighted by atomic mass is 10.2. The molecule has 0 aliphatic heterocycles. The highest BCUT2D eigenvalue weighted by Gasteiger charge is 2.30. The largest absolute Gasteiger partial charge is 0.380 e. The van der Waals surface area contributed by atoms with Gasteiger partial charge in [0, 0.05) is 12.1 Å². The predicted octanol–water partition coefficient (Wildman–Crippen LogP) is -0.171. The molecule has 2 rings (SSSR count). The van der Waals surface area contributed by atoms with Crippen molar-refractivity contribution in [3.63, 3.8) is 0 Å². The molecular formula is C9H11ClN2O7P2. The Morgan fingerprint density at radius 1 is 1.24 bits per heavy atom. The highest BCUT2D eigenvalue weighted by molar-refractivity contribution is 7.60. The van der Waals surface area contributed by atoms with Crippen LogP contribution in [0.15, 0.2) is 18.3 Å². The van der Waals surface area contributed by atoms with Crippen LogP contribution in [0.3, 0.4) is 0 Å². The molecule has 0 aliphatic carbocycles. The van der Waals surface area contributed by atoms with Gasteiger partial charge in [0.1, 0.15) is 5.65 Å². The normalized spacial score (nSPS) is 14.6. The molecule has 0 fully saturated rings. The number of rotatable bonds is 4. The standard InChI is InChI=1S/C9H11ClN2O7P2/c10-5-1-2-7-11-4-8(20(14,15)16)12(7)6(5)3-9(13)21(17,18)19/h1-2,4,9,13H,3H2,(H2,14,15,16)(H2,17,18,19). The van der Waals surface area contributed by atoms with Crippen molar-refractivity contribution >= 4 is 37.9 Å². The molecule has 0 amide bonds. The van der Waals surface area contributed by atoms with Crippen LogP contribution in [0.5, 0.6) is 0 Å². The first kappa shape index (κ1) is 16.6. The summed E-state index contributed by atoms with van der Waals surface area (Å²) >= 11 is 5.91. The number of fused-ring (bicyclic) bond motifs is 1. The van der Waals surface area contributed by atoms with Crippen LogP contribution in [0.1, 0.15) is 5.69 Å². The SMILES string of the molecule is O=P(O)(O)c1cnc2ccc(Cl)c(CC(O)P(=O)(O)O)n12. The second kappa shape index (κ2) is 5.46. The number of aliphatic hydroxyl groups is 1. The fraction of sp³-hybridized carbons (Fsp3) is 0.222. The quantitative estimate of drug-likeness (QED) is 0.473. The third kappa shape index (κ3) is 3.36. The summed E-state index contributed by atoms with van der Waals surface area (Å²) in [5.74, 6) is -2.05. The molecule has 5 N–H and O–H groups in total. The smallest absolute Gasteiger partial charge is 0.374 e. The van der Waals surface area contributed by atoms with Gasteiger partial charge in [-0.3, -0.25) is 13.5 Å². The van der Waals surface area contributed by atoms with E-state index in [4.69, 9.17) is 21.4 Å². The van der Waals surface area contributed by atoms with Crippen LogP contribution in [-0.4, -0.2) is 39.9 Å². The number of hydrogen-bond donors (Lipinski definition) is 5. The summed E-state index contributed by atoms with van der Waals surface area (Å²) in [6.45, 7) is 0. The van der Waals surface area contributed by atoms with Crippen LogP contribution in [0, 0.1) is 0 Å². The molecule has 9 nitrogen and oxygen atoms in total. The zero-order valence-electron chi connectivity index (χ0n) is 10.2. The van der Waals surface area contributed by atoms with Gasteiger partial charge < -0.3 is 24.7 Å². The van der Waals surface area contributed by atoms with E-state index in [0.717, 1.165) is 10.6 Å². The molecule has 0 aliphatic rings. The first-order chi connectivity index (χ1) is 9.51. The van der Waals surface area contributed by atoms with Crippen molar-refractivity contribution in [1.82, 2.24) is 9.38 Å². The van der Waals surface area contributed by atoms with Crippen molar-refractivity contribution in [2.24, 2.45) is 0 Å². The maximum Gasteiger partial charge on any atom is 0.374 e. The minimum atomic E-state index is -4.79. The van der Waals surface area contributed by atoms with Crippen LogP contribution >= 0.6 is 26.8 Å². The molecule has 1 atom stereocenters. The Labute approximate surface area is 123 Å². The Balaban J connectivity index is 2.67. The van der Waals surface area contributed by atoms with Crippen LogP contribution in [-0.2, 0) is 15.6 Å². The molecule has 12 heteroatoms. The average molecular weight is 357 g/mol. The summed E-state index contributed by atoms with van der Waals surface area (Å²) in [4.78, 5) is 40.2. The van der Waals surface area contributed by atoms with Crippen molar-refractivity contribution in [2.75, 3.05) is 0 Å². The van der Waals surface area contributed by atoms with Gasteiger partial charge in [-0.1, -0.05) is 11.6 Å². The molecule has 0 aromatic carbocycles. The van der Waals surface area contributed by atoms with Crippen molar-refractivity contribution < 1.29 is 33.8 Å². The first-order valence-corrected chi connectivity index (χ1v) is 9.13. The van der Waals surface area contributed by atoms with Gasteiger partial charge in [0.05, 0.1) is 11.2 Å². The number of nitrogens with zero attached hydrogens (tertiary/aromatic N) is 2. The molecule has 116 valence electrons. The van der Waals surface area contributed by atoms with Gasteiger partial charge >= 0.3 is 15.2 Å². The monoisotopic (exact) mass is 356 g/mol. The van der Waals surface area contributed by atoms with Gasteiger partial charge in [-0.15, -0.1) is 0 Å². The zero-order chi connectivity index (χ0) is 16.0. The van der Waals surface area contributed by atoms with Crippen molar-refractivity contribution in [1.29, 1.82) is 0 Å². The Morgan fingerprint density at radius 3 is 2.38 bits per heavy atom. The highest BCUT2D eigenvalue weighted by atomic mass is 35.5. The summed E-state index contributed by atoms with van der Waals surface area (Å²) in [5.41, 5.74) is -0.403. The topological polar surface area (TPSA) is 153 Å². The molecule has 2 heterocycles. The van der Waals surface area contributed by atoms with E-state index >= 15 is 0 Å².